The molecule has 2 aromatic rings. The van der Waals surface area contributed by atoms with Gasteiger partial charge in [-0.1, -0.05) is 13.3 Å². The standard InChI is InChI=1S/C14H19N5O2/c1-3-10-4-6-19(11(8-10)14(20)21)12-13-17-16-9(2)18(13)7-5-15-12/h5,7,10-11H,3-4,6,8H2,1-2H3,(H,20,21). The van der Waals surface area contributed by atoms with Crippen LogP contribution in [-0.4, -0.2) is 43.2 Å². The highest BCUT2D eigenvalue weighted by Crippen LogP contribution is 2.30. The van der Waals surface area contributed by atoms with Gasteiger partial charge in [0.2, 0.25) is 5.65 Å². The Balaban J connectivity index is 2.02. The number of anilines is 1. The zero-order valence-electron chi connectivity index (χ0n) is 12.2. The molecule has 0 radical (unpaired) electrons. The molecule has 0 amide bonds. The molecule has 112 valence electrons. The fourth-order valence-corrected chi connectivity index (χ4v) is 3.03. The maximum absolute atomic E-state index is 11.6. The number of rotatable bonds is 3. The molecule has 1 N–H and O–H groups in total. The van der Waals surface area contributed by atoms with Crippen LogP contribution in [0.4, 0.5) is 5.82 Å². The first-order valence-electron chi connectivity index (χ1n) is 7.27. The van der Waals surface area contributed by atoms with Gasteiger partial charge in [0.05, 0.1) is 0 Å². The Hall–Kier alpha value is -2.18. The van der Waals surface area contributed by atoms with Gasteiger partial charge in [-0.25, -0.2) is 9.78 Å². The first kappa shape index (κ1) is 13.8. The second-order valence-electron chi connectivity index (χ2n) is 5.54. The summed E-state index contributed by atoms with van der Waals surface area (Å²) in [6, 6.07) is -0.542. The summed E-state index contributed by atoms with van der Waals surface area (Å²) in [4.78, 5) is 17.9. The van der Waals surface area contributed by atoms with Crippen molar-refractivity contribution in [2.75, 3.05) is 11.4 Å². The van der Waals surface area contributed by atoms with Crippen molar-refractivity contribution in [2.24, 2.45) is 5.92 Å². The molecule has 1 saturated heterocycles. The van der Waals surface area contributed by atoms with E-state index in [4.69, 9.17) is 0 Å². The molecule has 1 aliphatic heterocycles. The quantitative estimate of drug-likeness (QED) is 0.922. The Bertz CT molecular complexity index is 668. The van der Waals surface area contributed by atoms with Crippen LogP contribution >= 0.6 is 0 Å². The van der Waals surface area contributed by atoms with E-state index in [9.17, 15) is 9.90 Å². The van der Waals surface area contributed by atoms with Gasteiger partial charge in [-0.2, -0.15) is 0 Å². The minimum absolute atomic E-state index is 0.460. The molecule has 0 aliphatic carbocycles. The molecule has 3 heterocycles. The van der Waals surface area contributed by atoms with E-state index < -0.39 is 12.0 Å². The number of carboxylic acids is 1. The Kier molecular flexibility index (Phi) is 3.48. The van der Waals surface area contributed by atoms with Gasteiger partial charge in [-0.05, 0) is 25.7 Å². The largest absolute Gasteiger partial charge is 0.480 e. The highest BCUT2D eigenvalue weighted by molar-refractivity contribution is 5.80. The Morgan fingerprint density at radius 3 is 3.00 bits per heavy atom. The zero-order chi connectivity index (χ0) is 15.0. The van der Waals surface area contributed by atoms with Crippen LogP contribution < -0.4 is 4.90 Å². The first-order valence-corrected chi connectivity index (χ1v) is 7.27. The molecule has 3 rings (SSSR count). The average Bonchev–Trinajstić information content (AvgIpc) is 2.88. The molecule has 1 fully saturated rings. The van der Waals surface area contributed by atoms with Gasteiger partial charge >= 0.3 is 5.97 Å². The highest BCUT2D eigenvalue weighted by atomic mass is 16.4. The predicted octanol–water partition coefficient (Wildman–Crippen LogP) is 1.51. The zero-order valence-corrected chi connectivity index (χ0v) is 12.2. The van der Waals surface area contributed by atoms with Gasteiger partial charge in [0, 0.05) is 18.9 Å². The summed E-state index contributed by atoms with van der Waals surface area (Å²) in [7, 11) is 0. The van der Waals surface area contributed by atoms with Gasteiger partial charge in [-0.3, -0.25) is 4.40 Å². The van der Waals surface area contributed by atoms with E-state index >= 15 is 0 Å². The fraction of sp³-hybridized carbons (Fsp3) is 0.571. The molecule has 21 heavy (non-hydrogen) atoms. The summed E-state index contributed by atoms with van der Waals surface area (Å²) < 4.78 is 1.84. The Labute approximate surface area is 122 Å². The minimum Gasteiger partial charge on any atom is -0.480 e. The van der Waals surface area contributed by atoms with Gasteiger partial charge in [0.15, 0.2) is 5.82 Å². The summed E-state index contributed by atoms with van der Waals surface area (Å²) >= 11 is 0. The van der Waals surface area contributed by atoms with Crippen molar-refractivity contribution in [1.29, 1.82) is 0 Å². The first-order chi connectivity index (χ1) is 10.1. The van der Waals surface area contributed by atoms with Crippen LogP contribution in [0.1, 0.15) is 32.0 Å². The summed E-state index contributed by atoms with van der Waals surface area (Å²) in [5, 5.41) is 17.7. The molecule has 0 aromatic carbocycles. The normalized spacial score (nSPS) is 22.7. The van der Waals surface area contributed by atoms with Crippen LogP contribution in [-0.2, 0) is 4.79 Å². The van der Waals surface area contributed by atoms with Crippen LogP contribution in [0.5, 0.6) is 0 Å². The van der Waals surface area contributed by atoms with Gasteiger partial charge < -0.3 is 10.0 Å². The monoisotopic (exact) mass is 289 g/mol. The van der Waals surface area contributed by atoms with Crippen molar-refractivity contribution >= 4 is 17.4 Å². The SMILES string of the molecule is CCC1CCN(c2nccn3c(C)nnc23)C(C(=O)O)C1. The lowest BCUT2D eigenvalue weighted by Crippen LogP contribution is -2.47. The van der Waals surface area contributed by atoms with Gasteiger partial charge in [0.25, 0.3) is 0 Å². The molecule has 0 bridgehead atoms. The van der Waals surface area contributed by atoms with Crippen molar-refractivity contribution in [3.05, 3.63) is 18.2 Å². The van der Waals surface area contributed by atoms with Crippen LogP contribution in [0.25, 0.3) is 5.65 Å². The van der Waals surface area contributed by atoms with E-state index in [1.807, 2.05) is 16.2 Å². The van der Waals surface area contributed by atoms with E-state index in [-0.39, 0.29) is 0 Å². The number of fused-ring (bicyclic) bond motifs is 1. The molecular formula is C14H19N5O2. The predicted molar refractivity (Wildman–Crippen MR) is 77.3 cm³/mol. The second kappa shape index (κ2) is 5.31. The van der Waals surface area contributed by atoms with Crippen molar-refractivity contribution in [3.8, 4) is 0 Å². The second-order valence-corrected chi connectivity index (χ2v) is 5.54. The summed E-state index contributed by atoms with van der Waals surface area (Å²) in [6.45, 7) is 4.66. The number of carboxylic acid groups (broad SMARTS) is 1. The number of aryl methyl sites for hydroxylation is 1. The van der Waals surface area contributed by atoms with Crippen LogP contribution in [0, 0.1) is 12.8 Å². The Morgan fingerprint density at radius 1 is 1.48 bits per heavy atom. The van der Waals surface area contributed by atoms with Crippen molar-refractivity contribution < 1.29 is 9.90 Å². The number of hydrogen-bond donors (Lipinski definition) is 1. The third-order valence-electron chi connectivity index (χ3n) is 4.32. The van der Waals surface area contributed by atoms with E-state index in [1.165, 1.54) is 0 Å². The minimum atomic E-state index is -0.798. The lowest BCUT2D eigenvalue weighted by atomic mass is 9.89. The van der Waals surface area contributed by atoms with Crippen molar-refractivity contribution in [1.82, 2.24) is 19.6 Å². The topological polar surface area (TPSA) is 83.6 Å². The number of aliphatic carboxylic acids is 1. The average molecular weight is 289 g/mol. The van der Waals surface area contributed by atoms with Crippen molar-refractivity contribution in [3.63, 3.8) is 0 Å². The molecular weight excluding hydrogens is 270 g/mol. The molecule has 2 unspecified atom stereocenters. The summed E-state index contributed by atoms with van der Waals surface area (Å²) in [6.07, 6.45) is 6.11. The molecule has 1 aliphatic rings. The molecule has 7 nitrogen and oxygen atoms in total. The van der Waals surface area contributed by atoms with E-state index in [0.29, 0.717) is 30.3 Å². The number of nitrogens with zero attached hydrogens (tertiary/aromatic N) is 5. The molecule has 2 aromatic heterocycles. The number of hydrogen-bond acceptors (Lipinski definition) is 5. The van der Waals surface area contributed by atoms with Crippen LogP contribution in [0.15, 0.2) is 12.4 Å². The fourth-order valence-electron chi connectivity index (χ4n) is 3.03. The van der Waals surface area contributed by atoms with E-state index in [0.717, 1.165) is 18.7 Å². The molecule has 0 spiro atoms. The third kappa shape index (κ3) is 2.32. The van der Waals surface area contributed by atoms with E-state index in [1.54, 1.807) is 12.4 Å². The van der Waals surface area contributed by atoms with Gasteiger partial charge in [0.1, 0.15) is 11.9 Å². The number of piperidine rings is 1. The number of aromatic nitrogens is 4. The summed E-state index contributed by atoms with van der Waals surface area (Å²) in [5.41, 5.74) is 0.621. The van der Waals surface area contributed by atoms with Crippen LogP contribution in [0.2, 0.25) is 0 Å². The number of carbonyl (C=O) groups is 1. The van der Waals surface area contributed by atoms with Crippen LogP contribution in [0.3, 0.4) is 0 Å². The van der Waals surface area contributed by atoms with Crippen molar-refractivity contribution in [2.45, 2.75) is 39.2 Å². The highest BCUT2D eigenvalue weighted by Gasteiger charge is 2.34. The van der Waals surface area contributed by atoms with Gasteiger partial charge in [-0.15, -0.1) is 10.2 Å². The Morgan fingerprint density at radius 2 is 2.29 bits per heavy atom. The summed E-state index contributed by atoms with van der Waals surface area (Å²) in [5.74, 6) is 1.04. The molecule has 0 saturated carbocycles. The van der Waals surface area contributed by atoms with E-state index in [2.05, 4.69) is 22.1 Å². The maximum Gasteiger partial charge on any atom is 0.326 e. The smallest absolute Gasteiger partial charge is 0.326 e. The molecule has 7 heteroatoms. The third-order valence-corrected chi connectivity index (χ3v) is 4.32. The molecule has 2 atom stereocenters. The lowest BCUT2D eigenvalue weighted by Gasteiger charge is -2.37. The lowest BCUT2D eigenvalue weighted by molar-refractivity contribution is -0.139. The maximum atomic E-state index is 11.6.